The van der Waals surface area contributed by atoms with E-state index in [1.807, 2.05) is 43.5 Å². The standard InChI is InChI=1S/C25H28F2N2O4/c1-5-32-25(2,3)17-8-9-29-18(14-28-22(29)13-17)16-11-20(31-4)23(19(30)10-15-6-7-15)21(12-16)33-24(26)27/h8-9,11-15,24H,5-7,10H2,1-4H3. The van der Waals surface area contributed by atoms with Gasteiger partial charge in [0.15, 0.2) is 5.78 Å². The molecule has 3 aromatic rings. The molecule has 0 atom stereocenters. The van der Waals surface area contributed by atoms with E-state index in [1.165, 1.54) is 13.2 Å². The van der Waals surface area contributed by atoms with Gasteiger partial charge in [0.2, 0.25) is 0 Å². The van der Waals surface area contributed by atoms with Crippen LogP contribution in [0.2, 0.25) is 0 Å². The maximum absolute atomic E-state index is 13.2. The molecule has 0 bridgehead atoms. The summed E-state index contributed by atoms with van der Waals surface area (Å²) in [5.74, 6) is 0.0691. The SMILES string of the molecule is CCOC(C)(C)c1ccn2c(-c3cc(OC)c(C(=O)CC4CC4)c(OC(F)F)c3)cnc2c1. The number of imidazole rings is 1. The number of fused-ring (bicyclic) bond motifs is 1. The molecule has 6 nitrogen and oxygen atoms in total. The van der Waals surface area contributed by atoms with E-state index in [2.05, 4.69) is 4.98 Å². The molecule has 2 heterocycles. The summed E-state index contributed by atoms with van der Waals surface area (Å²) in [5.41, 5.74) is 2.43. The van der Waals surface area contributed by atoms with Crippen LogP contribution in [0.25, 0.3) is 16.9 Å². The highest BCUT2D eigenvalue weighted by Gasteiger charge is 2.30. The average molecular weight is 459 g/mol. The molecule has 4 rings (SSSR count). The summed E-state index contributed by atoms with van der Waals surface area (Å²) in [6, 6.07) is 6.99. The molecular formula is C25H28F2N2O4. The topological polar surface area (TPSA) is 62.1 Å². The first kappa shape index (κ1) is 23.2. The predicted octanol–water partition coefficient (Wildman–Crippen LogP) is 5.87. The Bertz CT molecular complexity index is 1170. The van der Waals surface area contributed by atoms with E-state index in [9.17, 15) is 13.6 Å². The minimum atomic E-state index is -3.07. The lowest BCUT2D eigenvalue weighted by Crippen LogP contribution is -2.21. The second-order valence-electron chi connectivity index (χ2n) is 8.73. The number of alkyl halides is 2. The highest BCUT2D eigenvalue weighted by Crippen LogP contribution is 2.40. The number of nitrogens with zero attached hydrogens (tertiary/aromatic N) is 2. The Balaban J connectivity index is 1.78. The van der Waals surface area contributed by atoms with Crippen LogP contribution in [0.4, 0.5) is 8.78 Å². The van der Waals surface area contributed by atoms with Gasteiger partial charge in [0.05, 0.1) is 24.6 Å². The minimum absolute atomic E-state index is 0.0584. The Kier molecular flexibility index (Phi) is 6.38. The molecule has 1 aromatic carbocycles. The third-order valence-electron chi connectivity index (χ3n) is 5.96. The van der Waals surface area contributed by atoms with Crippen LogP contribution in [0.1, 0.15) is 56.0 Å². The van der Waals surface area contributed by atoms with E-state index in [-0.39, 0.29) is 22.8 Å². The van der Waals surface area contributed by atoms with Crippen LogP contribution in [0.3, 0.4) is 0 Å². The summed E-state index contributed by atoms with van der Waals surface area (Å²) in [4.78, 5) is 17.3. The summed E-state index contributed by atoms with van der Waals surface area (Å²) in [7, 11) is 1.41. The van der Waals surface area contributed by atoms with Gasteiger partial charge in [-0.15, -0.1) is 0 Å². The van der Waals surface area contributed by atoms with Crippen molar-refractivity contribution < 1.29 is 27.8 Å². The Morgan fingerprint density at radius 1 is 1.24 bits per heavy atom. The first-order valence-electron chi connectivity index (χ1n) is 11.1. The van der Waals surface area contributed by atoms with E-state index in [4.69, 9.17) is 14.2 Å². The second-order valence-corrected chi connectivity index (χ2v) is 8.73. The number of rotatable bonds is 10. The average Bonchev–Trinajstić information content (AvgIpc) is 3.47. The molecule has 33 heavy (non-hydrogen) atoms. The van der Waals surface area contributed by atoms with Crippen LogP contribution >= 0.6 is 0 Å². The van der Waals surface area contributed by atoms with Gasteiger partial charge in [-0.25, -0.2) is 4.98 Å². The Hall–Kier alpha value is -3.00. The van der Waals surface area contributed by atoms with Crippen molar-refractivity contribution in [2.24, 2.45) is 5.92 Å². The molecular weight excluding hydrogens is 430 g/mol. The molecule has 0 radical (unpaired) electrons. The van der Waals surface area contributed by atoms with Crippen LogP contribution < -0.4 is 9.47 Å². The molecule has 1 aliphatic carbocycles. The summed E-state index contributed by atoms with van der Waals surface area (Å²) >= 11 is 0. The number of carbonyl (C=O) groups is 1. The van der Waals surface area contributed by atoms with E-state index >= 15 is 0 Å². The number of hydrogen-bond donors (Lipinski definition) is 0. The molecule has 0 N–H and O–H groups in total. The number of methoxy groups -OCH3 is 1. The van der Waals surface area contributed by atoms with E-state index in [0.29, 0.717) is 35.9 Å². The number of pyridine rings is 1. The molecule has 0 saturated heterocycles. The van der Waals surface area contributed by atoms with E-state index < -0.39 is 12.2 Å². The first-order valence-corrected chi connectivity index (χ1v) is 11.1. The van der Waals surface area contributed by atoms with Gasteiger partial charge in [-0.3, -0.25) is 9.20 Å². The Morgan fingerprint density at radius 3 is 2.61 bits per heavy atom. The van der Waals surface area contributed by atoms with Crippen LogP contribution in [0, 0.1) is 5.92 Å². The van der Waals surface area contributed by atoms with Gasteiger partial charge in [-0.1, -0.05) is 0 Å². The monoisotopic (exact) mass is 458 g/mol. The number of ketones is 1. The van der Waals surface area contributed by atoms with E-state index in [1.54, 1.807) is 12.3 Å². The zero-order valence-electron chi connectivity index (χ0n) is 19.2. The fraction of sp³-hybridized carbons (Fsp3) is 0.440. The maximum atomic E-state index is 13.2. The van der Waals surface area contributed by atoms with Gasteiger partial charge >= 0.3 is 6.61 Å². The molecule has 8 heteroatoms. The van der Waals surface area contributed by atoms with Crippen LogP contribution in [-0.2, 0) is 10.3 Å². The minimum Gasteiger partial charge on any atom is -0.496 e. The summed E-state index contributed by atoms with van der Waals surface area (Å²) in [6.45, 7) is 3.43. The number of Topliss-reactive ketones (excluding diaryl/α,β-unsaturated/α-hetero) is 1. The number of ether oxygens (including phenoxy) is 3. The zero-order valence-corrected chi connectivity index (χ0v) is 19.2. The molecule has 1 fully saturated rings. The first-order chi connectivity index (χ1) is 15.7. The van der Waals surface area contributed by atoms with Crippen molar-refractivity contribution in [3.05, 3.63) is 47.8 Å². The molecule has 0 amide bonds. The molecule has 176 valence electrons. The fourth-order valence-corrected chi connectivity index (χ4v) is 4.06. The van der Waals surface area contributed by atoms with Gasteiger partial charge in [-0.2, -0.15) is 8.78 Å². The summed E-state index contributed by atoms with van der Waals surface area (Å²) < 4.78 is 44.3. The van der Waals surface area contributed by atoms with Crippen molar-refractivity contribution in [1.82, 2.24) is 9.38 Å². The molecule has 2 aromatic heterocycles. The molecule has 0 unspecified atom stereocenters. The third kappa shape index (κ3) is 4.85. The van der Waals surface area contributed by atoms with Crippen molar-refractivity contribution in [3.8, 4) is 22.8 Å². The van der Waals surface area contributed by atoms with Crippen LogP contribution in [-0.4, -0.2) is 35.5 Å². The number of hydrogen-bond acceptors (Lipinski definition) is 5. The van der Waals surface area contributed by atoms with Gasteiger partial charge in [0, 0.05) is 24.8 Å². The lowest BCUT2D eigenvalue weighted by molar-refractivity contribution is -0.0502. The highest BCUT2D eigenvalue weighted by molar-refractivity contribution is 6.02. The van der Waals surface area contributed by atoms with Crippen molar-refractivity contribution >= 4 is 11.4 Å². The Labute approximate surface area is 191 Å². The number of benzene rings is 1. The van der Waals surface area contributed by atoms with Crippen molar-refractivity contribution in [2.75, 3.05) is 13.7 Å². The summed E-state index contributed by atoms with van der Waals surface area (Å²) in [5, 5.41) is 0. The summed E-state index contributed by atoms with van der Waals surface area (Å²) in [6.07, 6.45) is 5.75. The lowest BCUT2D eigenvalue weighted by Gasteiger charge is -2.25. The number of aromatic nitrogens is 2. The van der Waals surface area contributed by atoms with Crippen molar-refractivity contribution in [1.29, 1.82) is 0 Å². The maximum Gasteiger partial charge on any atom is 0.387 e. The second kappa shape index (κ2) is 9.09. The lowest BCUT2D eigenvalue weighted by atomic mass is 9.99. The zero-order chi connectivity index (χ0) is 23.8. The highest BCUT2D eigenvalue weighted by atomic mass is 19.3. The number of halogens is 2. The smallest absolute Gasteiger partial charge is 0.387 e. The molecule has 1 saturated carbocycles. The van der Waals surface area contributed by atoms with Crippen LogP contribution in [0.15, 0.2) is 36.7 Å². The van der Waals surface area contributed by atoms with Gasteiger partial charge in [0.1, 0.15) is 22.7 Å². The van der Waals surface area contributed by atoms with Crippen molar-refractivity contribution in [2.45, 2.75) is 52.2 Å². The molecule has 0 aliphatic heterocycles. The van der Waals surface area contributed by atoms with Gasteiger partial charge in [0.25, 0.3) is 0 Å². The normalized spacial score (nSPS) is 14.2. The van der Waals surface area contributed by atoms with Gasteiger partial charge in [-0.05, 0) is 69.4 Å². The largest absolute Gasteiger partial charge is 0.496 e. The third-order valence-corrected chi connectivity index (χ3v) is 5.96. The predicted molar refractivity (Wildman–Crippen MR) is 120 cm³/mol. The Morgan fingerprint density at radius 2 is 1.97 bits per heavy atom. The molecule has 0 spiro atoms. The quantitative estimate of drug-likeness (QED) is 0.356. The van der Waals surface area contributed by atoms with Gasteiger partial charge < -0.3 is 14.2 Å². The number of carbonyl (C=O) groups excluding carboxylic acids is 1. The van der Waals surface area contributed by atoms with Crippen molar-refractivity contribution in [3.63, 3.8) is 0 Å². The van der Waals surface area contributed by atoms with E-state index in [0.717, 1.165) is 18.4 Å². The fourth-order valence-electron chi connectivity index (χ4n) is 4.06. The van der Waals surface area contributed by atoms with Crippen LogP contribution in [0.5, 0.6) is 11.5 Å². The molecule has 1 aliphatic rings.